The highest BCUT2D eigenvalue weighted by atomic mass is 19.1. The molecular formula is C6H11FO3. The van der Waals surface area contributed by atoms with Crippen molar-refractivity contribution < 1.29 is 19.0 Å². The van der Waals surface area contributed by atoms with Gasteiger partial charge in [0.25, 0.3) is 0 Å². The third-order valence-electron chi connectivity index (χ3n) is 1.21. The summed E-state index contributed by atoms with van der Waals surface area (Å²) in [6.07, 6.45) is -2.24. The van der Waals surface area contributed by atoms with Crippen LogP contribution in [-0.4, -0.2) is 30.5 Å². The Hall–Kier alpha value is -0.640. The number of hydrogen-bond acceptors (Lipinski definition) is 2. The molecule has 0 saturated heterocycles. The number of ether oxygens (including phenoxy) is 1. The van der Waals surface area contributed by atoms with E-state index in [1.807, 2.05) is 0 Å². The van der Waals surface area contributed by atoms with Gasteiger partial charge in [0.1, 0.15) is 0 Å². The Kier molecular flexibility index (Phi) is 3.95. The van der Waals surface area contributed by atoms with E-state index in [4.69, 9.17) is 5.11 Å². The van der Waals surface area contributed by atoms with Crippen LogP contribution in [0.5, 0.6) is 0 Å². The van der Waals surface area contributed by atoms with Gasteiger partial charge >= 0.3 is 5.97 Å². The van der Waals surface area contributed by atoms with Gasteiger partial charge in [-0.15, -0.1) is 0 Å². The number of aliphatic carboxylic acids is 1. The van der Waals surface area contributed by atoms with E-state index in [1.54, 1.807) is 6.92 Å². The number of hydrogen-bond donors (Lipinski definition) is 1. The zero-order valence-corrected chi connectivity index (χ0v) is 6.00. The van der Waals surface area contributed by atoms with E-state index in [9.17, 15) is 9.18 Å². The molecule has 0 aromatic rings. The molecule has 0 aromatic heterocycles. The molecule has 60 valence electrons. The minimum Gasteiger partial charge on any atom is -0.479 e. The topological polar surface area (TPSA) is 46.5 Å². The van der Waals surface area contributed by atoms with Crippen molar-refractivity contribution in [3.63, 3.8) is 0 Å². The second-order valence-electron chi connectivity index (χ2n) is 2.09. The molecule has 0 aromatic carbocycles. The van der Waals surface area contributed by atoms with E-state index >= 15 is 0 Å². The number of methoxy groups -OCH3 is 1. The predicted molar refractivity (Wildman–Crippen MR) is 33.6 cm³/mol. The Morgan fingerprint density at radius 3 is 2.60 bits per heavy atom. The fraction of sp³-hybridized carbons (Fsp3) is 0.833. The molecule has 0 rings (SSSR count). The standard InChI is InChI=1S/C6H11FO3/c1-4(10-2)3-5(7)6(8)9/h4-5H,3H2,1-2H3,(H,8,9). The molecule has 0 amide bonds. The molecule has 0 radical (unpaired) electrons. The normalized spacial score (nSPS) is 16.3. The van der Waals surface area contributed by atoms with E-state index in [0.29, 0.717) is 0 Å². The molecular weight excluding hydrogens is 139 g/mol. The van der Waals surface area contributed by atoms with Gasteiger partial charge in [-0.2, -0.15) is 0 Å². The first kappa shape index (κ1) is 9.36. The van der Waals surface area contributed by atoms with Crippen molar-refractivity contribution in [2.45, 2.75) is 25.6 Å². The second kappa shape index (κ2) is 4.22. The minimum atomic E-state index is -1.81. The van der Waals surface area contributed by atoms with Gasteiger partial charge in [-0.3, -0.25) is 0 Å². The van der Waals surface area contributed by atoms with Gasteiger partial charge < -0.3 is 9.84 Å². The third-order valence-corrected chi connectivity index (χ3v) is 1.21. The molecule has 0 aliphatic rings. The fourth-order valence-corrected chi connectivity index (χ4v) is 0.488. The summed E-state index contributed by atoms with van der Waals surface area (Å²) < 4.78 is 17.0. The van der Waals surface area contributed by atoms with Crippen LogP contribution in [0.2, 0.25) is 0 Å². The highest BCUT2D eigenvalue weighted by molar-refractivity contribution is 5.72. The SMILES string of the molecule is COC(C)CC(F)C(=O)O. The molecule has 2 unspecified atom stereocenters. The van der Waals surface area contributed by atoms with Gasteiger partial charge in [0.2, 0.25) is 0 Å². The Morgan fingerprint density at radius 1 is 1.80 bits per heavy atom. The molecule has 0 aliphatic carbocycles. The molecule has 2 atom stereocenters. The van der Waals surface area contributed by atoms with Gasteiger partial charge in [0.15, 0.2) is 6.17 Å². The summed E-state index contributed by atoms with van der Waals surface area (Å²) in [6.45, 7) is 1.62. The maximum Gasteiger partial charge on any atom is 0.338 e. The smallest absolute Gasteiger partial charge is 0.338 e. The zero-order chi connectivity index (χ0) is 8.15. The van der Waals surface area contributed by atoms with Gasteiger partial charge in [-0.05, 0) is 6.92 Å². The predicted octanol–water partition coefficient (Wildman–Crippen LogP) is 0.834. The Bertz CT molecular complexity index is 116. The quantitative estimate of drug-likeness (QED) is 0.645. The minimum absolute atomic E-state index is 0.0914. The van der Waals surface area contributed by atoms with E-state index in [2.05, 4.69) is 4.74 Å². The molecule has 3 nitrogen and oxygen atoms in total. The third kappa shape index (κ3) is 3.40. The lowest BCUT2D eigenvalue weighted by atomic mass is 10.2. The Morgan fingerprint density at radius 2 is 2.30 bits per heavy atom. The van der Waals surface area contributed by atoms with Crippen LogP contribution in [0.15, 0.2) is 0 Å². The van der Waals surface area contributed by atoms with Crippen LogP contribution < -0.4 is 0 Å². The van der Waals surface area contributed by atoms with Crippen molar-refractivity contribution in [2.24, 2.45) is 0 Å². The lowest BCUT2D eigenvalue weighted by Crippen LogP contribution is -2.21. The maximum absolute atomic E-state index is 12.3. The van der Waals surface area contributed by atoms with E-state index in [0.717, 1.165) is 0 Å². The van der Waals surface area contributed by atoms with Gasteiger partial charge in [-0.25, -0.2) is 9.18 Å². The summed E-state index contributed by atoms with van der Waals surface area (Å²) in [5.41, 5.74) is 0. The summed E-state index contributed by atoms with van der Waals surface area (Å²) in [6, 6.07) is 0. The molecule has 10 heavy (non-hydrogen) atoms. The van der Waals surface area contributed by atoms with Crippen molar-refractivity contribution in [3.05, 3.63) is 0 Å². The molecule has 0 saturated carbocycles. The van der Waals surface area contributed by atoms with Crippen molar-refractivity contribution in [1.82, 2.24) is 0 Å². The number of carbonyl (C=O) groups is 1. The monoisotopic (exact) mass is 150 g/mol. The van der Waals surface area contributed by atoms with Crippen LogP contribution in [0.1, 0.15) is 13.3 Å². The average Bonchev–Trinajstić information content (AvgIpc) is 1.87. The number of alkyl halides is 1. The summed E-state index contributed by atoms with van der Waals surface area (Å²) in [4.78, 5) is 9.92. The summed E-state index contributed by atoms with van der Waals surface area (Å²) in [5.74, 6) is -1.43. The van der Waals surface area contributed by atoms with Gasteiger partial charge in [0.05, 0.1) is 6.10 Å². The van der Waals surface area contributed by atoms with Crippen molar-refractivity contribution >= 4 is 5.97 Å². The van der Waals surface area contributed by atoms with E-state index in [-0.39, 0.29) is 12.5 Å². The Labute approximate surface area is 58.8 Å². The van der Waals surface area contributed by atoms with Crippen molar-refractivity contribution in [1.29, 1.82) is 0 Å². The molecule has 4 heteroatoms. The number of rotatable bonds is 4. The first-order valence-corrected chi connectivity index (χ1v) is 2.97. The maximum atomic E-state index is 12.3. The number of halogens is 1. The first-order chi connectivity index (χ1) is 4.57. The molecule has 0 spiro atoms. The second-order valence-corrected chi connectivity index (χ2v) is 2.09. The van der Waals surface area contributed by atoms with Crippen LogP contribution in [0, 0.1) is 0 Å². The molecule has 1 N–H and O–H groups in total. The first-order valence-electron chi connectivity index (χ1n) is 2.97. The van der Waals surface area contributed by atoms with Crippen LogP contribution in [0.3, 0.4) is 0 Å². The summed E-state index contributed by atoms with van der Waals surface area (Å²) in [5, 5.41) is 8.10. The highest BCUT2D eigenvalue weighted by Crippen LogP contribution is 2.04. The van der Waals surface area contributed by atoms with Crippen molar-refractivity contribution in [2.75, 3.05) is 7.11 Å². The summed E-state index contributed by atoms with van der Waals surface area (Å²) >= 11 is 0. The molecule has 0 bridgehead atoms. The molecule has 0 aliphatic heterocycles. The fourth-order valence-electron chi connectivity index (χ4n) is 0.488. The number of carboxylic acid groups (broad SMARTS) is 1. The lowest BCUT2D eigenvalue weighted by molar-refractivity contribution is -0.144. The molecule has 0 fully saturated rings. The average molecular weight is 150 g/mol. The Balaban J connectivity index is 3.56. The largest absolute Gasteiger partial charge is 0.479 e. The molecule has 0 heterocycles. The lowest BCUT2D eigenvalue weighted by Gasteiger charge is -2.08. The van der Waals surface area contributed by atoms with E-state index < -0.39 is 12.1 Å². The van der Waals surface area contributed by atoms with E-state index in [1.165, 1.54) is 7.11 Å². The van der Waals surface area contributed by atoms with Crippen LogP contribution >= 0.6 is 0 Å². The van der Waals surface area contributed by atoms with Crippen molar-refractivity contribution in [3.8, 4) is 0 Å². The van der Waals surface area contributed by atoms with Gasteiger partial charge in [-0.1, -0.05) is 0 Å². The van der Waals surface area contributed by atoms with Gasteiger partial charge in [0, 0.05) is 13.5 Å². The van der Waals surface area contributed by atoms with Crippen LogP contribution in [0.25, 0.3) is 0 Å². The summed E-state index contributed by atoms with van der Waals surface area (Å²) in [7, 11) is 1.42. The van der Waals surface area contributed by atoms with Crippen LogP contribution in [0.4, 0.5) is 4.39 Å². The zero-order valence-electron chi connectivity index (χ0n) is 6.00. The highest BCUT2D eigenvalue weighted by Gasteiger charge is 2.18. The van der Waals surface area contributed by atoms with Crippen LogP contribution in [-0.2, 0) is 9.53 Å². The number of carboxylic acids is 1.